The minimum absolute atomic E-state index is 0. The summed E-state index contributed by atoms with van der Waals surface area (Å²) in [4.78, 5) is 0. The maximum absolute atomic E-state index is 7.06. The molecule has 0 saturated carbocycles. The predicted octanol–water partition coefficient (Wildman–Crippen LogP) is 4.15. The van der Waals surface area contributed by atoms with Crippen LogP contribution in [0.3, 0.4) is 0 Å². The van der Waals surface area contributed by atoms with Gasteiger partial charge in [0.1, 0.15) is 0 Å². The Balaban J connectivity index is 0.000000284. The van der Waals surface area contributed by atoms with E-state index in [-0.39, 0.29) is 6.15 Å². The molecular weight excluding hydrogens is 208 g/mol. The van der Waals surface area contributed by atoms with Crippen molar-refractivity contribution in [2.45, 2.75) is 13.8 Å². The lowest BCUT2D eigenvalue weighted by Gasteiger charge is -1.95. The Morgan fingerprint density at radius 3 is 1.47 bits per heavy atom. The molecule has 0 amide bonds. The SMILES string of the molecule is C=C1C=CC(=N)C=C1.Cc1ccc(C)cc1.N. The molecule has 2 heteroatoms. The summed E-state index contributed by atoms with van der Waals surface area (Å²) in [5.41, 5.74) is 4.16. The fourth-order valence-electron chi connectivity index (χ4n) is 1.14. The van der Waals surface area contributed by atoms with Gasteiger partial charge in [-0.25, -0.2) is 0 Å². The zero-order valence-corrected chi connectivity index (χ0v) is 10.5. The number of aryl methyl sites for hydroxylation is 2. The number of hydrogen-bond acceptors (Lipinski definition) is 2. The van der Waals surface area contributed by atoms with Gasteiger partial charge in [-0.2, -0.15) is 0 Å². The largest absolute Gasteiger partial charge is 0.344 e. The molecule has 4 N–H and O–H groups in total. The van der Waals surface area contributed by atoms with E-state index >= 15 is 0 Å². The number of benzene rings is 1. The summed E-state index contributed by atoms with van der Waals surface area (Å²) in [5.74, 6) is 0. The zero-order chi connectivity index (χ0) is 12.0. The maximum Gasteiger partial charge on any atom is 0.0540 e. The molecular formula is C15H20N2. The van der Waals surface area contributed by atoms with Gasteiger partial charge in [0.25, 0.3) is 0 Å². The molecule has 1 aliphatic carbocycles. The van der Waals surface area contributed by atoms with Crippen molar-refractivity contribution in [3.8, 4) is 0 Å². The Morgan fingerprint density at radius 1 is 0.824 bits per heavy atom. The van der Waals surface area contributed by atoms with Gasteiger partial charge in [-0.1, -0.05) is 54.1 Å². The molecule has 1 aliphatic rings. The van der Waals surface area contributed by atoms with Gasteiger partial charge in [-0.15, -0.1) is 0 Å². The van der Waals surface area contributed by atoms with E-state index < -0.39 is 0 Å². The molecule has 2 nitrogen and oxygen atoms in total. The third-order valence-corrected chi connectivity index (χ3v) is 2.17. The normalized spacial score (nSPS) is 12.6. The minimum Gasteiger partial charge on any atom is -0.344 e. The first kappa shape index (κ1) is 15.1. The molecule has 0 radical (unpaired) electrons. The highest BCUT2D eigenvalue weighted by atomic mass is 14.4. The van der Waals surface area contributed by atoms with Crippen molar-refractivity contribution in [1.29, 1.82) is 5.41 Å². The first-order chi connectivity index (χ1) is 7.58. The molecule has 0 spiro atoms. The minimum atomic E-state index is 0. The Bertz CT molecular complexity index is 377. The van der Waals surface area contributed by atoms with E-state index in [9.17, 15) is 0 Å². The topological polar surface area (TPSA) is 58.9 Å². The Kier molecular flexibility index (Phi) is 6.53. The molecule has 0 heterocycles. The van der Waals surface area contributed by atoms with Crippen molar-refractivity contribution >= 4 is 5.71 Å². The molecule has 90 valence electrons. The monoisotopic (exact) mass is 228 g/mol. The van der Waals surface area contributed by atoms with Crippen LogP contribution in [0.2, 0.25) is 0 Å². The van der Waals surface area contributed by atoms with Crippen LogP contribution in [0.25, 0.3) is 0 Å². The molecule has 17 heavy (non-hydrogen) atoms. The molecule has 0 saturated heterocycles. The van der Waals surface area contributed by atoms with Crippen LogP contribution < -0.4 is 6.15 Å². The highest BCUT2D eigenvalue weighted by Crippen LogP contribution is 2.01. The molecule has 0 aromatic heterocycles. The second-order valence-electron chi connectivity index (χ2n) is 3.85. The molecule has 1 aromatic rings. The van der Waals surface area contributed by atoms with Crippen LogP contribution in [0, 0.1) is 19.3 Å². The molecule has 0 fully saturated rings. The highest BCUT2D eigenvalue weighted by Gasteiger charge is 1.89. The van der Waals surface area contributed by atoms with Crippen LogP contribution in [0.15, 0.2) is 60.7 Å². The van der Waals surface area contributed by atoms with Crippen molar-refractivity contribution in [3.63, 3.8) is 0 Å². The van der Waals surface area contributed by atoms with Gasteiger partial charge in [-0.3, -0.25) is 0 Å². The van der Waals surface area contributed by atoms with E-state index in [4.69, 9.17) is 5.41 Å². The van der Waals surface area contributed by atoms with Gasteiger partial charge < -0.3 is 11.6 Å². The van der Waals surface area contributed by atoms with E-state index in [0.717, 1.165) is 5.57 Å². The summed E-state index contributed by atoms with van der Waals surface area (Å²) >= 11 is 0. The fraction of sp³-hybridized carbons (Fsp3) is 0.133. The van der Waals surface area contributed by atoms with Gasteiger partial charge >= 0.3 is 0 Å². The number of nitrogens with one attached hydrogen (secondary N) is 1. The van der Waals surface area contributed by atoms with Gasteiger partial charge in [0.05, 0.1) is 5.71 Å². The molecule has 0 aliphatic heterocycles. The first-order valence-electron chi connectivity index (χ1n) is 5.25. The molecule has 0 atom stereocenters. The summed E-state index contributed by atoms with van der Waals surface area (Å²) in [5, 5.41) is 7.06. The van der Waals surface area contributed by atoms with Crippen molar-refractivity contribution in [2.24, 2.45) is 0 Å². The van der Waals surface area contributed by atoms with Crippen LogP contribution in [0.5, 0.6) is 0 Å². The Hall–Kier alpha value is -1.93. The van der Waals surface area contributed by atoms with Crippen molar-refractivity contribution in [3.05, 3.63) is 71.8 Å². The smallest absolute Gasteiger partial charge is 0.0540 e. The number of allylic oxidation sites excluding steroid dienone is 5. The molecule has 0 bridgehead atoms. The number of hydrogen-bond donors (Lipinski definition) is 2. The van der Waals surface area contributed by atoms with Crippen LogP contribution in [-0.2, 0) is 0 Å². The second kappa shape index (κ2) is 7.36. The average Bonchev–Trinajstić information content (AvgIpc) is 2.28. The number of rotatable bonds is 0. The van der Waals surface area contributed by atoms with E-state index in [1.54, 1.807) is 12.2 Å². The summed E-state index contributed by atoms with van der Waals surface area (Å²) in [7, 11) is 0. The van der Waals surface area contributed by atoms with E-state index in [1.165, 1.54) is 11.1 Å². The van der Waals surface area contributed by atoms with Gasteiger partial charge in [0.2, 0.25) is 0 Å². The highest BCUT2D eigenvalue weighted by molar-refractivity contribution is 6.03. The second-order valence-corrected chi connectivity index (χ2v) is 3.85. The summed E-state index contributed by atoms with van der Waals surface area (Å²) in [6.45, 7) is 7.87. The van der Waals surface area contributed by atoms with E-state index in [1.807, 2.05) is 12.2 Å². The first-order valence-corrected chi connectivity index (χ1v) is 5.25. The van der Waals surface area contributed by atoms with Crippen molar-refractivity contribution in [1.82, 2.24) is 6.15 Å². The molecule has 1 aromatic carbocycles. The van der Waals surface area contributed by atoms with Crippen LogP contribution >= 0.6 is 0 Å². The van der Waals surface area contributed by atoms with Gasteiger partial charge in [0, 0.05) is 0 Å². The summed E-state index contributed by atoms with van der Waals surface area (Å²) in [6, 6.07) is 8.48. The Morgan fingerprint density at radius 2 is 1.18 bits per heavy atom. The molecule has 0 unspecified atom stereocenters. The average molecular weight is 228 g/mol. The fourth-order valence-corrected chi connectivity index (χ4v) is 1.14. The van der Waals surface area contributed by atoms with Crippen LogP contribution in [0.1, 0.15) is 11.1 Å². The zero-order valence-electron chi connectivity index (χ0n) is 10.5. The Labute approximate surface area is 103 Å². The standard InChI is InChI=1S/C8H10.C7H7N.H3N/c1-7-3-5-8(2)6-4-7;1-6-2-4-7(8)5-3-6;/h3-6H,1-2H3;2-5,8H,1H2;1H3. The van der Waals surface area contributed by atoms with Gasteiger partial charge in [0.15, 0.2) is 0 Å². The van der Waals surface area contributed by atoms with Crippen molar-refractivity contribution in [2.75, 3.05) is 0 Å². The molecule has 2 rings (SSSR count). The third-order valence-electron chi connectivity index (χ3n) is 2.17. The lowest BCUT2D eigenvalue weighted by Crippen LogP contribution is -1.88. The van der Waals surface area contributed by atoms with Crippen LogP contribution in [0.4, 0.5) is 0 Å². The summed E-state index contributed by atoms with van der Waals surface area (Å²) < 4.78 is 0. The summed E-state index contributed by atoms with van der Waals surface area (Å²) in [6.07, 6.45) is 7.09. The predicted molar refractivity (Wildman–Crippen MR) is 76.1 cm³/mol. The lowest BCUT2D eigenvalue weighted by atomic mass is 10.1. The van der Waals surface area contributed by atoms with Gasteiger partial charge in [-0.05, 0) is 31.6 Å². The third kappa shape index (κ3) is 6.28. The quantitative estimate of drug-likeness (QED) is 0.688. The lowest BCUT2D eigenvalue weighted by molar-refractivity contribution is 1.40. The van der Waals surface area contributed by atoms with Crippen LogP contribution in [-0.4, -0.2) is 5.71 Å². The van der Waals surface area contributed by atoms with E-state index in [2.05, 4.69) is 44.7 Å². The maximum atomic E-state index is 7.06. The van der Waals surface area contributed by atoms with Crippen molar-refractivity contribution < 1.29 is 0 Å². The van der Waals surface area contributed by atoms with E-state index in [0.29, 0.717) is 5.71 Å².